The molecule has 35 heavy (non-hydrogen) atoms. The summed E-state index contributed by atoms with van der Waals surface area (Å²) in [5.74, 6) is -2.67. The fourth-order valence-corrected chi connectivity index (χ4v) is 6.66. The Morgan fingerprint density at radius 3 is 2.57 bits per heavy atom. The van der Waals surface area contributed by atoms with E-state index in [1.165, 1.54) is 4.90 Å². The van der Waals surface area contributed by atoms with Gasteiger partial charge in [-0.15, -0.1) is 0 Å². The summed E-state index contributed by atoms with van der Waals surface area (Å²) >= 11 is 6.31. The predicted octanol–water partition coefficient (Wildman–Crippen LogP) is 2.83. The Bertz CT molecular complexity index is 1020. The Morgan fingerprint density at radius 2 is 1.97 bits per heavy atom. The topological polar surface area (TPSA) is 108 Å². The minimum Gasteiger partial charge on any atom is -0.394 e. The number of fused-ring (bicyclic) bond motifs is 1. The lowest BCUT2D eigenvalue weighted by Gasteiger charge is -2.38. The van der Waals surface area contributed by atoms with Crippen LogP contribution in [-0.4, -0.2) is 64.2 Å². The van der Waals surface area contributed by atoms with Crippen molar-refractivity contribution in [3.8, 4) is 0 Å². The highest BCUT2D eigenvalue weighted by molar-refractivity contribution is 6.33. The zero-order valence-electron chi connectivity index (χ0n) is 21.0. The third-order valence-electron chi connectivity index (χ3n) is 8.28. The number of likely N-dealkylation sites (tertiary alicyclic amines) is 1. The number of rotatable bonds is 8. The largest absolute Gasteiger partial charge is 0.394 e. The standard InChI is InChI=1S/C26H36ClN3O5/c1-6-11-28-22(32)19-20-24(34)30(18(13-31)14(2)3)21(26(20)12-15(4)25(19,5)35-26)23(33)29-17-10-8-7-9-16(17)27/h7-10,14-15,18-21,31H,6,11-13H2,1-5H3,(H,28,32)(H,29,33)/t15?,18-,19-,20-,21?,25+,26?/m0/s1. The zero-order valence-corrected chi connectivity index (χ0v) is 21.8. The number of amides is 3. The Labute approximate surface area is 211 Å². The number of halogens is 1. The van der Waals surface area contributed by atoms with E-state index in [1.54, 1.807) is 24.3 Å². The molecule has 3 fully saturated rings. The highest BCUT2D eigenvalue weighted by Crippen LogP contribution is 2.65. The number of hydrogen-bond acceptors (Lipinski definition) is 5. The third-order valence-corrected chi connectivity index (χ3v) is 8.61. The number of aliphatic hydroxyl groups excluding tert-OH is 1. The minimum atomic E-state index is -1.17. The molecule has 0 saturated carbocycles. The number of nitrogens with zero attached hydrogens (tertiary/aromatic N) is 1. The normalized spacial score (nSPS) is 34.3. The van der Waals surface area contributed by atoms with Gasteiger partial charge in [0.1, 0.15) is 11.6 Å². The van der Waals surface area contributed by atoms with Crippen LogP contribution in [0.5, 0.6) is 0 Å². The van der Waals surface area contributed by atoms with Gasteiger partial charge in [0.05, 0.1) is 40.8 Å². The first-order chi connectivity index (χ1) is 16.5. The molecule has 9 heteroatoms. The van der Waals surface area contributed by atoms with Crippen molar-refractivity contribution in [2.24, 2.45) is 23.7 Å². The molecular weight excluding hydrogens is 470 g/mol. The Kier molecular flexibility index (Phi) is 6.94. The molecule has 1 aromatic carbocycles. The monoisotopic (exact) mass is 505 g/mol. The lowest BCUT2D eigenvalue weighted by molar-refractivity contribution is -0.150. The van der Waals surface area contributed by atoms with Gasteiger partial charge in [-0.3, -0.25) is 14.4 Å². The Morgan fingerprint density at radius 1 is 1.29 bits per heavy atom. The molecular formula is C26H36ClN3O5. The number of aliphatic hydroxyl groups is 1. The summed E-state index contributed by atoms with van der Waals surface area (Å²) in [7, 11) is 0. The zero-order chi connectivity index (χ0) is 25.7. The number of carbonyl (C=O) groups excluding carboxylic acids is 3. The molecule has 3 amide bonds. The maximum absolute atomic E-state index is 14.1. The van der Waals surface area contributed by atoms with Crippen molar-refractivity contribution >= 4 is 35.0 Å². The molecule has 7 atom stereocenters. The average Bonchev–Trinajstić information content (AvgIpc) is 3.31. The Hall–Kier alpha value is -2.16. The third kappa shape index (κ3) is 3.85. The minimum absolute atomic E-state index is 0.0499. The van der Waals surface area contributed by atoms with E-state index >= 15 is 0 Å². The number of anilines is 1. The first-order valence-electron chi connectivity index (χ1n) is 12.5. The SMILES string of the molecule is CCCNC(=O)[C@@H]1[C@H]2C(=O)N([C@@H](CO)C(C)C)C(C(=O)Nc3ccccc3Cl)C23CC(C)[C@@]1(C)O3. The number of para-hydroxylation sites is 1. The summed E-state index contributed by atoms with van der Waals surface area (Å²) in [5, 5.41) is 16.5. The van der Waals surface area contributed by atoms with Crippen LogP contribution in [0.3, 0.4) is 0 Å². The van der Waals surface area contributed by atoms with Crippen molar-refractivity contribution in [1.82, 2.24) is 10.2 Å². The maximum Gasteiger partial charge on any atom is 0.250 e. The van der Waals surface area contributed by atoms with Crippen molar-refractivity contribution in [2.45, 2.75) is 70.7 Å². The van der Waals surface area contributed by atoms with Gasteiger partial charge in [0.2, 0.25) is 17.7 Å². The van der Waals surface area contributed by atoms with Gasteiger partial charge in [-0.2, -0.15) is 0 Å². The molecule has 1 aromatic rings. The van der Waals surface area contributed by atoms with Crippen LogP contribution in [0.2, 0.25) is 5.02 Å². The van der Waals surface area contributed by atoms with Gasteiger partial charge in [-0.25, -0.2) is 0 Å². The van der Waals surface area contributed by atoms with Crippen LogP contribution < -0.4 is 10.6 Å². The lowest BCUT2D eigenvalue weighted by atomic mass is 9.62. The fraction of sp³-hybridized carbons (Fsp3) is 0.654. The van der Waals surface area contributed by atoms with E-state index in [4.69, 9.17) is 16.3 Å². The van der Waals surface area contributed by atoms with Crippen LogP contribution in [0.15, 0.2) is 24.3 Å². The van der Waals surface area contributed by atoms with Crippen molar-refractivity contribution in [1.29, 1.82) is 0 Å². The van der Waals surface area contributed by atoms with E-state index in [0.29, 0.717) is 23.7 Å². The molecule has 3 N–H and O–H groups in total. The number of carbonyl (C=O) groups is 3. The lowest BCUT2D eigenvalue weighted by Crippen LogP contribution is -2.57. The molecule has 3 saturated heterocycles. The molecule has 3 aliphatic rings. The molecule has 3 heterocycles. The molecule has 0 radical (unpaired) electrons. The van der Waals surface area contributed by atoms with Crippen molar-refractivity contribution in [2.75, 3.05) is 18.5 Å². The van der Waals surface area contributed by atoms with Crippen molar-refractivity contribution < 1.29 is 24.2 Å². The van der Waals surface area contributed by atoms with Gasteiger partial charge < -0.3 is 25.4 Å². The van der Waals surface area contributed by atoms with Crippen LogP contribution in [0, 0.1) is 23.7 Å². The smallest absolute Gasteiger partial charge is 0.250 e. The van der Waals surface area contributed by atoms with Gasteiger partial charge in [-0.1, -0.05) is 51.4 Å². The highest BCUT2D eigenvalue weighted by atomic mass is 35.5. The van der Waals surface area contributed by atoms with E-state index in [0.717, 1.165) is 6.42 Å². The van der Waals surface area contributed by atoms with E-state index in [9.17, 15) is 19.5 Å². The summed E-state index contributed by atoms with van der Waals surface area (Å²) in [5.41, 5.74) is -1.62. The maximum atomic E-state index is 14.1. The molecule has 4 rings (SSSR count). The van der Waals surface area contributed by atoms with Crippen molar-refractivity contribution in [3.63, 3.8) is 0 Å². The second kappa shape index (κ2) is 9.37. The van der Waals surface area contributed by atoms with Gasteiger partial charge >= 0.3 is 0 Å². The molecule has 2 bridgehead atoms. The van der Waals surface area contributed by atoms with Crippen LogP contribution in [0.1, 0.15) is 47.5 Å². The first kappa shape index (κ1) is 25.9. The molecule has 3 aliphatic heterocycles. The molecule has 0 aliphatic carbocycles. The summed E-state index contributed by atoms with van der Waals surface area (Å²) in [6, 6.07) is 5.29. The highest BCUT2D eigenvalue weighted by Gasteiger charge is 2.80. The number of benzene rings is 1. The van der Waals surface area contributed by atoms with E-state index in [-0.39, 0.29) is 30.3 Å². The van der Waals surface area contributed by atoms with Gasteiger partial charge in [0.25, 0.3) is 0 Å². The molecule has 192 valence electrons. The summed E-state index contributed by atoms with van der Waals surface area (Å²) < 4.78 is 6.68. The molecule has 1 spiro atoms. The van der Waals surface area contributed by atoms with Crippen LogP contribution in [0.25, 0.3) is 0 Å². The number of hydrogen-bond donors (Lipinski definition) is 3. The predicted molar refractivity (Wildman–Crippen MR) is 133 cm³/mol. The fourth-order valence-electron chi connectivity index (χ4n) is 6.48. The summed E-state index contributed by atoms with van der Waals surface area (Å²) in [4.78, 5) is 42.9. The quantitative estimate of drug-likeness (QED) is 0.503. The van der Waals surface area contributed by atoms with Crippen LogP contribution in [0.4, 0.5) is 5.69 Å². The second-order valence-corrected chi connectivity index (χ2v) is 11.1. The summed E-state index contributed by atoms with van der Waals surface area (Å²) in [6.07, 6.45) is 1.23. The van der Waals surface area contributed by atoms with Gasteiger partial charge in [-0.05, 0) is 43.7 Å². The van der Waals surface area contributed by atoms with E-state index in [1.807, 2.05) is 34.6 Å². The molecule has 3 unspecified atom stereocenters. The molecule has 0 aromatic heterocycles. The van der Waals surface area contributed by atoms with E-state index < -0.39 is 41.0 Å². The van der Waals surface area contributed by atoms with E-state index in [2.05, 4.69) is 10.6 Å². The van der Waals surface area contributed by atoms with Crippen LogP contribution >= 0.6 is 11.6 Å². The second-order valence-electron chi connectivity index (χ2n) is 10.7. The van der Waals surface area contributed by atoms with Crippen LogP contribution in [-0.2, 0) is 19.1 Å². The number of ether oxygens (including phenoxy) is 1. The van der Waals surface area contributed by atoms with Gasteiger partial charge in [0, 0.05) is 6.54 Å². The number of nitrogens with one attached hydrogen (secondary N) is 2. The average molecular weight is 506 g/mol. The first-order valence-corrected chi connectivity index (χ1v) is 12.9. The van der Waals surface area contributed by atoms with Crippen molar-refractivity contribution in [3.05, 3.63) is 29.3 Å². The van der Waals surface area contributed by atoms with Gasteiger partial charge in [0.15, 0.2) is 0 Å². The Balaban J connectivity index is 1.81. The molecule has 8 nitrogen and oxygen atoms in total. The summed E-state index contributed by atoms with van der Waals surface area (Å²) in [6.45, 7) is 9.85.